The lowest BCUT2D eigenvalue weighted by molar-refractivity contribution is -0.126. The summed E-state index contributed by atoms with van der Waals surface area (Å²) >= 11 is 0. The van der Waals surface area contributed by atoms with Crippen LogP contribution < -0.4 is 5.32 Å². The Bertz CT molecular complexity index is 702. The van der Waals surface area contributed by atoms with E-state index in [4.69, 9.17) is 0 Å². The monoisotopic (exact) mass is 394 g/mol. The molecule has 0 aromatic heterocycles. The fourth-order valence-electron chi connectivity index (χ4n) is 3.98. The van der Waals surface area contributed by atoms with Gasteiger partial charge in [-0.3, -0.25) is 14.6 Å². The number of hydrogen-bond acceptors (Lipinski definition) is 4. The smallest absolute Gasteiger partial charge is 0.237 e. The molecule has 2 aromatic rings. The number of carbonyl (C=O) groups is 1. The first kappa shape index (κ1) is 21.5. The maximum absolute atomic E-state index is 12.5. The van der Waals surface area contributed by atoms with E-state index < -0.39 is 0 Å². The Hall–Kier alpha value is -2.21. The van der Waals surface area contributed by atoms with Crippen molar-refractivity contribution in [3.63, 3.8) is 0 Å². The summed E-state index contributed by atoms with van der Waals surface area (Å²) < 4.78 is 0. The Morgan fingerprint density at radius 2 is 1.38 bits per heavy atom. The average Bonchev–Trinajstić information content (AvgIpc) is 2.75. The third kappa shape index (κ3) is 5.89. The fourth-order valence-corrected chi connectivity index (χ4v) is 3.98. The number of nitrogens with one attached hydrogen (secondary N) is 1. The number of amides is 1. The normalized spacial score (nSPS) is 16.9. The SMILES string of the molecule is C[C@H](C(=O)NCCN(C)C)N1CCN(C(c2ccccc2)c2ccccc2)CC1. The van der Waals surface area contributed by atoms with E-state index >= 15 is 0 Å². The van der Waals surface area contributed by atoms with Gasteiger partial charge in [-0.2, -0.15) is 0 Å². The van der Waals surface area contributed by atoms with Crippen molar-refractivity contribution in [2.75, 3.05) is 53.4 Å². The van der Waals surface area contributed by atoms with Crippen LogP contribution in [0, 0.1) is 0 Å². The van der Waals surface area contributed by atoms with Crippen molar-refractivity contribution in [3.8, 4) is 0 Å². The van der Waals surface area contributed by atoms with Crippen LogP contribution >= 0.6 is 0 Å². The van der Waals surface area contributed by atoms with E-state index in [2.05, 4.69) is 80.7 Å². The van der Waals surface area contributed by atoms with E-state index in [1.54, 1.807) is 0 Å². The summed E-state index contributed by atoms with van der Waals surface area (Å²) in [5.74, 6) is 0.128. The van der Waals surface area contributed by atoms with Crippen molar-refractivity contribution in [2.45, 2.75) is 19.0 Å². The summed E-state index contributed by atoms with van der Waals surface area (Å²) in [6, 6.07) is 21.6. The average molecular weight is 395 g/mol. The molecular weight excluding hydrogens is 360 g/mol. The van der Waals surface area contributed by atoms with Gasteiger partial charge in [0.2, 0.25) is 5.91 Å². The Balaban J connectivity index is 1.62. The van der Waals surface area contributed by atoms with Crippen LogP contribution in [-0.2, 0) is 4.79 Å². The van der Waals surface area contributed by atoms with Crippen LogP contribution in [0.5, 0.6) is 0 Å². The van der Waals surface area contributed by atoms with Gasteiger partial charge in [-0.15, -0.1) is 0 Å². The van der Waals surface area contributed by atoms with E-state index in [1.807, 2.05) is 21.0 Å². The zero-order valence-electron chi connectivity index (χ0n) is 17.9. The molecule has 0 saturated carbocycles. The molecule has 0 bridgehead atoms. The Morgan fingerprint density at radius 3 is 1.86 bits per heavy atom. The molecule has 0 spiro atoms. The minimum Gasteiger partial charge on any atom is -0.353 e. The van der Waals surface area contributed by atoms with Crippen molar-refractivity contribution in [1.82, 2.24) is 20.0 Å². The number of likely N-dealkylation sites (N-methyl/N-ethyl adjacent to an activating group) is 1. The summed E-state index contributed by atoms with van der Waals surface area (Å²) in [6.45, 7) is 7.28. The van der Waals surface area contributed by atoms with Gasteiger partial charge in [0.15, 0.2) is 0 Å². The second-order valence-corrected chi connectivity index (χ2v) is 8.07. The summed E-state index contributed by atoms with van der Waals surface area (Å²) in [4.78, 5) is 19.4. The molecule has 1 N–H and O–H groups in total. The molecule has 2 aromatic carbocycles. The Labute approximate surface area is 175 Å². The van der Waals surface area contributed by atoms with E-state index in [9.17, 15) is 4.79 Å². The van der Waals surface area contributed by atoms with Gasteiger partial charge in [0.25, 0.3) is 0 Å². The van der Waals surface area contributed by atoms with Crippen molar-refractivity contribution in [2.24, 2.45) is 0 Å². The molecule has 1 heterocycles. The van der Waals surface area contributed by atoms with Gasteiger partial charge in [0.1, 0.15) is 0 Å². The molecule has 29 heavy (non-hydrogen) atoms. The molecule has 0 radical (unpaired) electrons. The van der Waals surface area contributed by atoms with E-state index in [-0.39, 0.29) is 18.0 Å². The van der Waals surface area contributed by atoms with E-state index in [1.165, 1.54) is 11.1 Å². The lowest BCUT2D eigenvalue weighted by atomic mass is 9.96. The maximum Gasteiger partial charge on any atom is 0.237 e. The van der Waals surface area contributed by atoms with Gasteiger partial charge in [-0.1, -0.05) is 60.7 Å². The van der Waals surface area contributed by atoms with Crippen LogP contribution in [0.2, 0.25) is 0 Å². The first-order valence-corrected chi connectivity index (χ1v) is 10.6. The van der Waals surface area contributed by atoms with Gasteiger partial charge in [0, 0.05) is 39.3 Å². The first-order valence-electron chi connectivity index (χ1n) is 10.6. The second kappa shape index (κ2) is 10.5. The largest absolute Gasteiger partial charge is 0.353 e. The van der Waals surface area contributed by atoms with Crippen LogP contribution in [0.1, 0.15) is 24.1 Å². The zero-order chi connectivity index (χ0) is 20.6. The lowest BCUT2D eigenvalue weighted by Gasteiger charge is -2.41. The third-order valence-corrected chi connectivity index (χ3v) is 5.73. The fraction of sp³-hybridized carbons (Fsp3) is 0.458. The number of benzene rings is 2. The van der Waals surface area contributed by atoms with Crippen LogP contribution in [0.25, 0.3) is 0 Å². The molecule has 1 saturated heterocycles. The van der Waals surface area contributed by atoms with Gasteiger partial charge in [0.05, 0.1) is 12.1 Å². The molecule has 5 nitrogen and oxygen atoms in total. The minimum atomic E-state index is -0.0915. The summed E-state index contributed by atoms with van der Waals surface area (Å²) in [5, 5.41) is 3.06. The minimum absolute atomic E-state index is 0.0915. The summed E-state index contributed by atoms with van der Waals surface area (Å²) in [5.41, 5.74) is 2.64. The van der Waals surface area contributed by atoms with Gasteiger partial charge >= 0.3 is 0 Å². The molecular formula is C24H34N4O. The van der Waals surface area contributed by atoms with Crippen LogP contribution in [0.15, 0.2) is 60.7 Å². The van der Waals surface area contributed by atoms with Crippen molar-refractivity contribution >= 4 is 5.91 Å². The molecule has 0 unspecified atom stereocenters. The van der Waals surface area contributed by atoms with Crippen molar-refractivity contribution in [3.05, 3.63) is 71.8 Å². The van der Waals surface area contributed by atoms with Crippen LogP contribution in [0.4, 0.5) is 0 Å². The standard InChI is InChI=1S/C24H34N4O/c1-20(24(29)25-14-15-26(2)3)27-16-18-28(19-17-27)23(21-10-6-4-7-11-21)22-12-8-5-9-13-22/h4-13,20,23H,14-19H2,1-3H3,(H,25,29)/t20-/m1/s1. The number of piperazine rings is 1. The predicted octanol–water partition coefficient (Wildman–Crippen LogP) is 2.46. The molecule has 5 heteroatoms. The van der Waals surface area contributed by atoms with Crippen LogP contribution in [0.3, 0.4) is 0 Å². The highest BCUT2D eigenvalue weighted by atomic mass is 16.2. The third-order valence-electron chi connectivity index (χ3n) is 5.73. The lowest BCUT2D eigenvalue weighted by Crippen LogP contribution is -2.54. The van der Waals surface area contributed by atoms with E-state index in [0.717, 1.165) is 32.7 Å². The molecule has 3 rings (SSSR count). The van der Waals surface area contributed by atoms with Crippen molar-refractivity contribution < 1.29 is 4.79 Å². The highest BCUT2D eigenvalue weighted by Gasteiger charge is 2.29. The second-order valence-electron chi connectivity index (χ2n) is 8.07. The molecule has 1 aliphatic heterocycles. The number of carbonyl (C=O) groups excluding carboxylic acids is 1. The topological polar surface area (TPSA) is 38.8 Å². The van der Waals surface area contributed by atoms with Gasteiger partial charge < -0.3 is 10.2 Å². The van der Waals surface area contributed by atoms with Crippen LogP contribution in [-0.4, -0.2) is 80.0 Å². The molecule has 1 aliphatic rings. The molecule has 0 aliphatic carbocycles. The number of nitrogens with zero attached hydrogens (tertiary/aromatic N) is 3. The zero-order valence-corrected chi connectivity index (χ0v) is 17.9. The Kier molecular flexibility index (Phi) is 7.81. The highest BCUT2D eigenvalue weighted by molar-refractivity contribution is 5.81. The highest BCUT2D eigenvalue weighted by Crippen LogP contribution is 2.29. The van der Waals surface area contributed by atoms with E-state index in [0.29, 0.717) is 6.54 Å². The molecule has 1 atom stereocenters. The number of hydrogen-bond donors (Lipinski definition) is 1. The molecule has 156 valence electrons. The quantitative estimate of drug-likeness (QED) is 0.747. The number of rotatable bonds is 8. The summed E-state index contributed by atoms with van der Waals surface area (Å²) in [7, 11) is 4.04. The van der Waals surface area contributed by atoms with Gasteiger partial charge in [-0.05, 0) is 32.1 Å². The first-order chi connectivity index (χ1) is 14.1. The predicted molar refractivity (Wildman–Crippen MR) is 119 cm³/mol. The molecule has 1 amide bonds. The maximum atomic E-state index is 12.5. The summed E-state index contributed by atoms with van der Waals surface area (Å²) in [6.07, 6.45) is 0. The van der Waals surface area contributed by atoms with Crippen molar-refractivity contribution in [1.29, 1.82) is 0 Å². The Morgan fingerprint density at radius 1 is 0.897 bits per heavy atom. The van der Waals surface area contributed by atoms with Gasteiger partial charge in [-0.25, -0.2) is 0 Å². The molecule has 1 fully saturated rings.